The third-order valence-corrected chi connectivity index (χ3v) is 3.26. The number of benzene rings is 1. The van der Waals surface area contributed by atoms with Gasteiger partial charge in [-0.2, -0.15) is 0 Å². The fourth-order valence-electron chi connectivity index (χ4n) is 2.16. The number of halogens is 1. The van der Waals surface area contributed by atoms with E-state index >= 15 is 0 Å². The van der Waals surface area contributed by atoms with Gasteiger partial charge in [0.25, 0.3) is 0 Å². The minimum atomic E-state index is -0.307. The molecular weight excluding hydrogens is 257 g/mol. The number of hydrogen-bond donors (Lipinski definition) is 1. The molecule has 20 heavy (non-hydrogen) atoms. The molecule has 2 aromatic heterocycles. The molecule has 1 N–H and O–H groups in total. The molecule has 4 nitrogen and oxygen atoms in total. The van der Waals surface area contributed by atoms with Crippen LogP contribution < -0.4 is 4.74 Å². The van der Waals surface area contributed by atoms with E-state index in [9.17, 15) is 4.39 Å². The highest BCUT2D eigenvalue weighted by molar-refractivity contribution is 5.85. The van der Waals surface area contributed by atoms with E-state index in [1.54, 1.807) is 6.07 Å². The van der Waals surface area contributed by atoms with Crippen molar-refractivity contribution in [3.8, 4) is 17.1 Å². The third kappa shape index (κ3) is 2.11. The lowest BCUT2D eigenvalue weighted by Crippen LogP contribution is -1.92. The van der Waals surface area contributed by atoms with E-state index in [2.05, 4.69) is 21.9 Å². The lowest BCUT2D eigenvalue weighted by atomic mass is 10.1. The lowest BCUT2D eigenvalue weighted by Gasteiger charge is -2.04. The Balaban J connectivity index is 2.11. The number of rotatable bonds is 3. The van der Waals surface area contributed by atoms with Crippen LogP contribution in [0, 0.1) is 5.82 Å². The van der Waals surface area contributed by atoms with Crippen LogP contribution in [0.15, 0.2) is 30.6 Å². The molecule has 0 atom stereocenters. The molecule has 0 bridgehead atoms. The fraction of sp³-hybridized carbons (Fsp3) is 0.200. The molecule has 0 aliphatic heterocycles. The van der Waals surface area contributed by atoms with Crippen LogP contribution in [0.2, 0.25) is 0 Å². The van der Waals surface area contributed by atoms with Gasteiger partial charge in [-0.1, -0.05) is 6.92 Å². The van der Waals surface area contributed by atoms with Crippen molar-refractivity contribution in [3.05, 3.63) is 42.1 Å². The van der Waals surface area contributed by atoms with Crippen LogP contribution in [0.3, 0.4) is 0 Å². The van der Waals surface area contributed by atoms with Crippen molar-refractivity contribution in [1.29, 1.82) is 0 Å². The second-order valence-electron chi connectivity index (χ2n) is 4.51. The Kier molecular flexibility index (Phi) is 3.10. The molecule has 0 aliphatic rings. The second-order valence-corrected chi connectivity index (χ2v) is 4.51. The highest BCUT2D eigenvalue weighted by atomic mass is 19.1. The zero-order chi connectivity index (χ0) is 14.1. The minimum Gasteiger partial charge on any atom is -0.480 e. The molecule has 3 aromatic rings. The zero-order valence-corrected chi connectivity index (χ0v) is 11.3. The Hall–Kier alpha value is -2.43. The summed E-state index contributed by atoms with van der Waals surface area (Å²) >= 11 is 0. The molecule has 0 aliphatic carbocycles. The summed E-state index contributed by atoms with van der Waals surface area (Å²) in [4.78, 5) is 11.5. The van der Waals surface area contributed by atoms with Crippen molar-refractivity contribution >= 4 is 10.9 Å². The first-order valence-electron chi connectivity index (χ1n) is 6.39. The first kappa shape index (κ1) is 12.6. The van der Waals surface area contributed by atoms with Gasteiger partial charge in [0.05, 0.1) is 25.2 Å². The van der Waals surface area contributed by atoms with Crippen LogP contribution in [0.1, 0.15) is 12.6 Å². The van der Waals surface area contributed by atoms with E-state index in [1.807, 2.05) is 6.07 Å². The Morgan fingerprint density at radius 1 is 1.20 bits per heavy atom. The summed E-state index contributed by atoms with van der Waals surface area (Å²) in [7, 11) is 1.52. The molecule has 0 spiro atoms. The first-order chi connectivity index (χ1) is 9.71. The van der Waals surface area contributed by atoms with Gasteiger partial charge in [0.2, 0.25) is 5.88 Å². The average molecular weight is 271 g/mol. The molecule has 0 amide bonds. The Morgan fingerprint density at radius 3 is 2.70 bits per heavy atom. The van der Waals surface area contributed by atoms with Gasteiger partial charge in [0, 0.05) is 22.2 Å². The van der Waals surface area contributed by atoms with Gasteiger partial charge < -0.3 is 9.72 Å². The van der Waals surface area contributed by atoms with E-state index in [-0.39, 0.29) is 5.82 Å². The molecular formula is C15H14FN3O. The predicted molar refractivity (Wildman–Crippen MR) is 75.2 cm³/mol. The first-order valence-corrected chi connectivity index (χ1v) is 6.39. The number of ether oxygens (including phenoxy) is 1. The van der Waals surface area contributed by atoms with Gasteiger partial charge in [0.15, 0.2) is 0 Å². The Morgan fingerprint density at radius 2 is 2.05 bits per heavy atom. The quantitative estimate of drug-likeness (QED) is 0.795. The number of aromatic nitrogens is 3. The van der Waals surface area contributed by atoms with Gasteiger partial charge in [-0.15, -0.1) is 0 Å². The standard InChI is InChI=1S/C15H14FN3O/c1-3-10-4-9-5-12(16)11(6-13(9)19-10)14-7-18-15(20-2)8-17-14/h4-8,19H,3H2,1-2H3. The van der Waals surface area contributed by atoms with Gasteiger partial charge in [0.1, 0.15) is 5.82 Å². The number of nitrogens with zero attached hydrogens (tertiary/aromatic N) is 2. The molecule has 0 fully saturated rings. The molecule has 5 heteroatoms. The normalized spacial score (nSPS) is 10.9. The van der Waals surface area contributed by atoms with Crippen LogP contribution in [0.4, 0.5) is 4.39 Å². The molecule has 2 heterocycles. The third-order valence-electron chi connectivity index (χ3n) is 3.26. The van der Waals surface area contributed by atoms with Gasteiger partial charge in [-0.25, -0.2) is 14.4 Å². The maximum atomic E-state index is 14.2. The maximum Gasteiger partial charge on any atom is 0.232 e. The predicted octanol–water partition coefficient (Wildman–Crippen LogP) is 3.34. The SMILES string of the molecule is CCc1cc2cc(F)c(-c3cnc(OC)cn3)cc2[nH]1. The van der Waals surface area contributed by atoms with E-state index in [1.165, 1.54) is 25.6 Å². The van der Waals surface area contributed by atoms with E-state index in [0.717, 1.165) is 23.0 Å². The van der Waals surface area contributed by atoms with Crippen molar-refractivity contribution in [2.75, 3.05) is 7.11 Å². The number of methoxy groups -OCH3 is 1. The molecule has 0 saturated heterocycles. The van der Waals surface area contributed by atoms with E-state index in [0.29, 0.717) is 17.1 Å². The summed E-state index contributed by atoms with van der Waals surface area (Å²) < 4.78 is 19.1. The number of aryl methyl sites for hydroxylation is 1. The van der Waals surface area contributed by atoms with E-state index < -0.39 is 0 Å². The molecule has 3 rings (SSSR count). The molecule has 0 unspecified atom stereocenters. The second kappa shape index (κ2) is 4.92. The van der Waals surface area contributed by atoms with Crippen LogP contribution in [-0.4, -0.2) is 22.1 Å². The highest BCUT2D eigenvalue weighted by Gasteiger charge is 2.11. The molecule has 0 saturated carbocycles. The average Bonchev–Trinajstić information content (AvgIpc) is 2.88. The summed E-state index contributed by atoms with van der Waals surface area (Å²) in [5, 5.41) is 0.865. The van der Waals surface area contributed by atoms with Crippen molar-refractivity contribution in [2.24, 2.45) is 0 Å². The molecule has 1 aromatic carbocycles. The number of hydrogen-bond acceptors (Lipinski definition) is 3. The van der Waals surface area contributed by atoms with Crippen molar-refractivity contribution in [2.45, 2.75) is 13.3 Å². The Bertz CT molecular complexity index is 750. The number of nitrogens with one attached hydrogen (secondary N) is 1. The Labute approximate surface area is 115 Å². The fourth-order valence-corrected chi connectivity index (χ4v) is 2.16. The number of fused-ring (bicyclic) bond motifs is 1. The number of aromatic amines is 1. The van der Waals surface area contributed by atoms with Crippen LogP contribution in [0.5, 0.6) is 5.88 Å². The van der Waals surface area contributed by atoms with Crippen molar-refractivity contribution < 1.29 is 9.13 Å². The van der Waals surface area contributed by atoms with Crippen LogP contribution in [-0.2, 0) is 6.42 Å². The maximum absolute atomic E-state index is 14.2. The monoisotopic (exact) mass is 271 g/mol. The van der Waals surface area contributed by atoms with Crippen molar-refractivity contribution in [1.82, 2.24) is 15.0 Å². The van der Waals surface area contributed by atoms with Crippen LogP contribution >= 0.6 is 0 Å². The topological polar surface area (TPSA) is 50.8 Å². The molecule has 102 valence electrons. The van der Waals surface area contributed by atoms with Gasteiger partial charge in [-0.3, -0.25) is 0 Å². The van der Waals surface area contributed by atoms with Crippen molar-refractivity contribution in [3.63, 3.8) is 0 Å². The van der Waals surface area contributed by atoms with Gasteiger partial charge >= 0.3 is 0 Å². The summed E-state index contributed by atoms with van der Waals surface area (Å²) in [6.45, 7) is 2.05. The lowest BCUT2D eigenvalue weighted by molar-refractivity contribution is 0.396. The summed E-state index contributed by atoms with van der Waals surface area (Å²) in [5.41, 5.74) is 2.89. The zero-order valence-electron chi connectivity index (χ0n) is 11.3. The number of H-pyrrole nitrogens is 1. The molecule has 0 radical (unpaired) electrons. The summed E-state index contributed by atoms with van der Waals surface area (Å²) in [6.07, 6.45) is 3.87. The minimum absolute atomic E-state index is 0.307. The summed E-state index contributed by atoms with van der Waals surface area (Å²) in [6, 6.07) is 5.24. The van der Waals surface area contributed by atoms with Gasteiger partial charge in [-0.05, 0) is 24.6 Å². The summed E-state index contributed by atoms with van der Waals surface area (Å²) in [5.74, 6) is 0.0991. The smallest absolute Gasteiger partial charge is 0.232 e. The largest absolute Gasteiger partial charge is 0.480 e. The van der Waals surface area contributed by atoms with Crippen LogP contribution in [0.25, 0.3) is 22.2 Å². The highest BCUT2D eigenvalue weighted by Crippen LogP contribution is 2.27. The van der Waals surface area contributed by atoms with E-state index in [4.69, 9.17) is 4.74 Å².